The summed E-state index contributed by atoms with van der Waals surface area (Å²) in [6, 6.07) is 17.4. The van der Waals surface area contributed by atoms with Crippen LogP contribution in [-0.4, -0.2) is 61.0 Å². The average molecular weight is 423 g/mol. The highest BCUT2D eigenvalue weighted by molar-refractivity contribution is 5.78. The van der Waals surface area contributed by atoms with E-state index in [0.29, 0.717) is 25.3 Å². The Kier molecular flexibility index (Phi) is 6.16. The van der Waals surface area contributed by atoms with E-state index in [2.05, 4.69) is 6.07 Å². The van der Waals surface area contributed by atoms with Crippen LogP contribution in [0.4, 0.5) is 0 Å². The predicted molar refractivity (Wildman–Crippen MR) is 118 cm³/mol. The molecule has 0 aliphatic carbocycles. The number of ether oxygens (including phenoxy) is 2. The van der Waals surface area contributed by atoms with Crippen molar-refractivity contribution in [1.82, 2.24) is 9.80 Å². The molecule has 1 fully saturated rings. The highest BCUT2D eigenvalue weighted by Gasteiger charge is 2.44. The molecule has 0 bridgehead atoms. The molecular formula is C25H30N2O4. The smallest absolute Gasteiger partial charge is 0.260 e. The van der Waals surface area contributed by atoms with E-state index in [1.807, 2.05) is 53.4 Å². The Morgan fingerprint density at radius 3 is 2.45 bits per heavy atom. The monoisotopic (exact) mass is 422 g/mol. The van der Waals surface area contributed by atoms with E-state index in [1.165, 1.54) is 0 Å². The Morgan fingerprint density at radius 1 is 1.06 bits per heavy atom. The molecule has 2 aromatic rings. The molecule has 2 aromatic carbocycles. The van der Waals surface area contributed by atoms with Crippen molar-refractivity contribution in [2.75, 3.05) is 33.8 Å². The van der Waals surface area contributed by atoms with E-state index in [0.717, 1.165) is 30.6 Å². The summed E-state index contributed by atoms with van der Waals surface area (Å²) in [5.41, 5.74) is 0.779. The third-order valence-corrected chi connectivity index (χ3v) is 6.36. The number of benzene rings is 2. The fourth-order valence-electron chi connectivity index (χ4n) is 4.54. The zero-order valence-electron chi connectivity index (χ0n) is 18.3. The molecule has 164 valence electrons. The van der Waals surface area contributed by atoms with Crippen LogP contribution in [0.5, 0.6) is 11.5 Å². The van der Waals surface area contributed by atoms with Gasteiger partial charge in [0, 0.05) is 52.4 Å². The van der Waals surface area contributed by atoms with Gasteiger partial charge in [-0.1, -0.05) is 36.4 Å². The number of carbonyl (C=O) groups excluding carboxylic acids is 2. The number of hydrogen-bond donors (Lipinski definition) is 0. The molecule has 0 N–H and O–H groups in total. The standard InChI is InChI=1S/C25H30N2O4/c1-26(2)23(28)16-19-17-25(31-22-11-7-6-10-21(19)22)12-14-27(15-13-25)24(29)18-30-20-8-4-3-5-9-20/h3-11,19H,12-18H2,1-2H3/t19-/m0/s1. The first-order valence-electron chi connectivity index (χ1n) is 10.9. The Hall–Kier alpha value is -3.02. The van der Waals surface area contributed by atoms with Gasteiger partial charge in [-0.3, -0.25) is 9.59 Å². The van der Waals surface area contributed by atoms with Crippen molar-refractivity contribution >= 4 is 11.8 Å². The molecule has 31 heavy (non-hydrogen) atoms. The van der Waals surface area contributed by atoms with E-state index in [-0.39, 0.29) is 29.9 Å². The third kappa shape index (κ3) is 4.84. The second-order valence-corrected chi connectivity index (χ2v) is 8.70. The van der Waals surface area contributed by atoms with Crippen molar-refractivity contribution in [3.63, 3.8) is 0 Å². The van der Waals surface area contributed by atoms with Crippen LogP contribution in [0.1, 0.15) is 37.2 Å². The largest absolute Gasteiger partial charge is 0.487 e. The van der Waals surface area contributed by atoms with Gasteiger partial charge >= 0.3 is 0 Å². The molecule has 6 heteroatoms. The van der Waals surface area contributed by atoms with Crippen molar-refractivity contribution in [1.29, 1.82) is 0 Å². The number of hydrogen-bond acceptors (Lipinski definition) is 4. The fourth-order valence-corrected chi connectivity index (χ4v) is 4.54. The van der Waals surface area contributed by atoms with Crippen LogP contribution in [0.15, 0.2) is 54.6 Å². The molecule has 0 aromatic heterocycles. The van der Waals surface area contributed by atoms with Gasteiger partial charge in [0.2, 0.25) is 5.91 Å². The molecule has 0 radical (unpaired) electrons. The van der Waals surface area contributed by atoms with Crippen LogP contribution < -0.4 is 9.47 Å². The predicted octanol–water partition coefficient (Wildman–Crippen LogP) is 3.47. The van der Waals surface area contributed by atoms with Gasteiger partial charge < -0.3 is 19.3 Å². The summed E-state index contributed by atoms with van der Waals surface area (Å²) in [5.74, 6) is 1.82. The van der Waals surface area contributed by atoms with E-state index in [4.69, 9.17) is 9.47 Å². The van der Waals surface area contributed by atoms with Crippen LogP contribution in [0.3, 0.4) is 0 Å². The lowest BCUT2D eigenvalue weighted by Crippen LogP contribution is -2.52. The molecule has 1 atom stereocenters. The van der Waals surface area contributed by atoms with Gasteiger partial charge in [0.1, 0.15) is 17.1 Å². The highest BCUT2D eigenvalue weighted by atomic mass is 16.5. The number of amides is 2. The van der Waals surface area contributed by atoms with Crippen molar-refractivity contribution in [2.45, 2.75) is 37.2 Å². The number of para-hydroxylation sites is 2. The van der Waals surface area contributed by atoms with Gasteiger partial charge in [-0.25, -0.2) is 0 Å². The summed E-state index contributed by atoms with van der Waals surface area (Å²) in [7, 11) is 3.59. The van der Waals surface area contributed by atoms with Crippen LogP contribution in [0.2, 0.25) is 0 Å². The first-order chi connectivity index (χ1) is 15.0. The van der Waals surface area contributed by atoms with Crippen molar-refractivity contribution < 1.29 is 19.1 Å². The molecule has 2 amide bonds. The fraction of sp³-hybridized carbons (Fsp3) is 0.440. The highest BCUT2D eigenvalue weighted by Crippen LogP contribution is 2.46. The van der Waals surface area contributed by atoms with Crippen LogP contribution >= 0.6 is 0 Å². The minimum Gasteiger partial charge on any atom is -0.487 e. The number of nitrogens with zero attached hydrogens (tertiary/aromatic N) is 2. The molecule has 1 spiro atoms. The first kappa shape index (κ1) is 21.2. The van der Waals surface area contributed by atoms with Gasteiger partial charge in [-0.15, -0.1) is 0 Å². The molecule has 4 rings (SSSR count). The minimum atomic E-state index is -0.331. The topological polar surface area (TPSA) is 59.1 Å². The van der Waals surface area contributed by atoms with E-state index in [1.54, 1.807) is 19.0 Å². The minimum absolute atomic E-state index is 0.00533. The van der Waals surface area contributed by atoms with Gasteiger partial charge in [0.05, 0.1) is 0 Å². The third-order valence-electron chi connectivity index (χ3n) is 6.36. The molecule has 0 saturated carbocycles. The second kappa shape index (κ2) is 9.00. The van der Waals surface area contributed by atoms with Crippen LogP contribution in [0, 0.1) is 0 Å². The van der Waals surface area contributed by atoms with Gasteiger partial charge in [-0.05, 0) is 30.2 Å². The molecule has 2 heterocycles. The number of likely N-dealkylation sites (tertiary alicyclic amines) is 1. The maximum absolute atomic E-state index is 12.6. The Balaban J connectivity index is 1.40. The van der Waals surface area contributed by atoms with Crippen molar-refractivity contribution in [3.8, 4) is 11.5 Å². The molecule has 1 saturated heterocycles. The van der Waals surface area contributed by atoms with E-state index < -0.39 is 0 Å². The Morgan fingerprint density at radius 2 is 1.74 bits per heavy atom. The van der Waals surface area contributed by atoms with E-state index >= 15 is 0 Å². The SMILES string of the molecule is CN(C)C(=O)C[C@H]1CC2(CCN(C(=O)COc3ccccc3)CC2)Oc2ccccc21. The number of carbonyl (C=O) groups is 2. The summed E-state index contributed by atoms with van der Waals surface area (Å²) in [6.07, 6.45) is 2.78. The van der Waals surface area contributed by atoms with Crippen molar-refractivity contribution in [3.05, 3.63) is 60.2 Å². The summed E-state index contributed by atoms with van der Waals surface area (Å²) in [5, 5.41) is 0. The maximum Gasteiger partial charge on any atom is 0.260 e. The maximum atomic E-state index is 12.6. The summed E-state index contributed by atoms with van der Waals surface area (Å²) in [4.78, 5) is 28.6. The molecule has 2 aliphatic heterocycles. The van der Waals surface area contributed by atoms with Gasteiger partial charge in [-0.2, -0.15) is 0 Å². The average Bonchev–Trinajstić information content (AvgIpc) is 2.78. The number of piperidine rings is 1. The number of fused-ring (bicyclic) bond motifs is 1. The van der Waals surface area contributed by atoms with Gasteiger partial charge in [0.25, 0.3) is 5.91 Å². The Bertz CT molecular complexity index is 920. The zero-order valence-corrected chi connectivity index (χ0v) is 18.3. The lowest BCUT2D eigenvalue weighted by molar-refractivity contribution is -0.137. The van der Waals surface area contributed by atoms with Gasteiger partial charge in [0.15, 0.2) is 6.61 Å². The molecule has 0 unspecified atom stereocenters. The quantitative estimate of drug-likeness (QED) is 0.740. The lowest BCUT2D eigenvalue weighted by Gasteiger charge is -2.47. The first-order valence-corrected chi connectivity index (χ1v) is 10.9. The zero-order chi connectivity index (χ0) is 21.8. The van der Waals surface area contributed by atoms with Crippen molar-refractivity contribution in [2.24, 2.45) is 0 Å². The van der Waals surface area contributed by atoms with E-state index in [9.17, 15) is 9.59 Å². The molecular weight excluding hydrogens is 392 g/mol. The summed E-state index contributed by atoms with van der Waals surface area (Å²) >= 11 is 0. The summed E-state index contributed by atoms with van der Waals surface area (Å²) < 4.78 is 12.1. The molecule has 6 nitrogen and oxygen atoms in total. The molecule has 2 aliphatic rings. The van der Waals surface area contributed by atoms with Crippen LogP contribution in [0.25, 0.3) is 0 Å². The number of rotatable bonds is 5. The normalized spacial score (nSPS) is 19.3. The van der Waals surface area contributed by atoms with Crippen LogP contribution in [-0.2, 0) is 9.59 Å². The second-order valence-electron chi connectivity index (χ2n) is 8.70. The summed E-state index contributed by atoms with van der Waals surface area (Å²) in [6.45, 7) is 1.31. The Labute approximate surface area is 183 Å². The lowest BCUT2D eigenvalue weighted by atomic mass is 9.76.